The fourth-order valence-electron chi connectivity index (χ4n) is 3.83. The van der Waals surface area contributed by atoms with Gasteiger partial charge in [-0.1, -0.05) is 60.7 Å². The lowest BCUT2D eigenvalue weighted by Gasteiger charge is -2.12. The minimum absolute atomic E-state index is 0.909. The average Bonchev–Trinajstić information content (AvgIpc) is 3.07. The van der Waals surface area contributed by atoms with E-state index in [4.69, 9.17) is 0 Å². The molecular formula is C22H17N3. The van der Waals surface area contributed by atoms with Crippen molar-refractivity contribution in [3.05, 3.63) is 77.9 Å². The number of nitrogens with zero attached hydrogens (tertiary/aromatic N) is 3. The van der Waals surface area contributed by atoms with Gasteiger partial charge in [-0.25, -0.2) is 0 Å². The number of fused-ring (bicyclic) bond motifs is 6. The second-order valence-electron chi connectivity index (χ2n) is 6.51. The molecular weight excluding hydrogens is 306 g/mol. The SMILES string of the molecule is Cc1cccc(C)c1-c1nnc2c3ccccc3c3ccccc3n12. The predicted molar refractivity (Wildman–Crippen MR) is 103 cm³/mol. The van der Waals surface area contributed by atoms with E-state index >= 15 is 0 Å². The van der Waals surface area contributed by atoms with Crippen LogP contribution in [0.15, 0.2) is 66.7 Å². The van der Waals surface area contributed by atoms with Crippen molar-refractivity contribution in [3.8, 4) is 11.4 Å². The van der Waals surface area contributed by atoms with Crippen LogP contribution in [0, 0.1) is 13.8 Å². The number of para-hydroxylation sites is 1. The molecule has 0 amide bonds. The van der Waals surface area contributed by atoms with Crippen molar-refractivity contribution in [3.63, 3.8) is 0 Å². The van der Waals surface area contributed by atoms with Gasteiger partial charge in [0.05, 0.1) is 5.52 Å². The van der Waals surface area contributed by atoms with Crippen molar-refractivity contribution >= 4 is 27.3 Å². The zero-order chi connectivity index (χ0) is 17.0. The van der Waals surface area contributed by atoms with Crippen LogP contribution in [-0.4, -0.2) is 14.6 Å². The molecule has 2 heterocycles. The number of benzene rings is 3. The molecule has 120 valence electrons. The standard InChI is InChI=1S/C22H17N3/c1-14-8-7-9-15(2)20(14)22-24-23-21-18-12-4-3-10-16(18)17-11-5-6-13-19(17)25(21)22/h3-13H,1-2H3. The lowest BCUT2D eigenvalue weighted by atomic mass is 10.0. The molecule has 0 saturated heterocycles. The molecule has 0 unspecified atom stereocenters. The van der Waals surface area contributed by atoms with E-state index in [9.17, 15) is 0 Å². The Balaban J connectivity index is 2.05. The Kier molecular flexibility index (Phi) is 2.92. The molecule has 0 spiro atoms. The molecule has 5 rings (SSSR count). The molecule has 0 fully saturated rings. The quantitative estimate of drug-likeness (QED) is 0.391. The zero-order valence-electron chi connectivity index (χ0n) is 14.2. The Bertz CT molecular complexity index is 1240. The lowest BCUT2D eigenvalue weighted by Crippen LogP contribution is -1.97. The Morgan fingerprint density at radius 3 is 2.04 bits per heavy atom. The summed E-state index contributed by atoms with van der Waals surface area (Å²) in [6.45, 7) is 4.26. The van der Waals surface area contributed by atoms with Crippen molar-refractivity contribution in [2.24, 2.45) is 0 Å². The van der Waals surface area contributed by atoms with E-state index in [1.807, 2.05) is 0 Å². The van der Waals surface area contributed by atoms with Gasteiger partial charge in [0.25, 0.3) is 0 Å². The normalized spacial score (nSPS) is 11.6. The van der Waals surface area contributed by atoms with Gasteiger partial charge in [-0.15, -0.1) is 10.2 Å². The van der Waals surface area contributed by atoms with E-state index in [-0.39, 0.29) is 0 Å². The Hall–Kier alpha value is -3.20. The fourth-order valence-corrected chi connectivity index (χ4v) is 3.83. The van der Waals surface area contributed by atoms with Gasteiger partial charge in [0, 0.05) is 16.3 Å². The number of hydrogen-bond donors (Lipinski definition) is 0. The molecule has 0 aliphatic rings. The first-order valence-electron chi connectivity index (χ1n) is 8.47. The van der Waals surface area contributed by atoms with Crippen LogP contribution >= 0.6 is 0 Å². The van der Waals surface area contributed by atoms with Crippen LogP contribution in [0.2, 0.25) is 0 Å². The lowest BCUT2D eigenvalue weighted by molar-refractivity contribution is 1.11. The van der Waals surface area contributed by atoms with Gasteiger partial charge in [0.2, 0.25) is 0 Å². The molecule has 0 N–H and O–H groups in total. The highest BCUT2D eigenvalue weighted by atomic mass is 15.2. The van der Waals surface area contributed by atoms with Crippen LogP contribution < -0.4 is 0 Å². The number of hydrogen-bond acceptors (Lipinski definition) is 2. The second kappa shape index (κ2) is 5.15. The van der Waals surface area contributed by atoms with Gasteiger partial charge in [0.15, 0.2) is 11.5 Å². The monoisotopic (exact) mass is 323 g/mol. The van der Waals surface area contributed by atoms with Gasteiger partial charge in [-0.2, -0.15) is 0 Å². The molecule has 3 aromatic carbocycles. The van der Waals surface area contributed by atoms with Crippen LogP contribution in [0.1, 0.15) is 11.1 Å². The summed E-state index contributed by atoms with van der Waals surface area (Å²) in [7, 11) is 0. The number of aromatic nitrogens is 3. The molecule has 0 saturated carbocycles. The first kappa shape index (κ1) is 14.2. The van der Waals surface area contributed by atoms with Crippen molar-refractivity contribution in [2.75, 3.05) is 0 Å². The first-order valence-corrected chi connectivity index (χ1v) is 8.47. The molecule has 5 aromatic rings. The van der Waals surface area contributed by atoms with E-state index in [2.05, 4.69) is 95.2 Å². The topological polar surface area (TPSA) is 30.2 Å². The summed E-state index contributed by atoms with van der Waals surface area (Å²) >= 11 is 0. The number of rotatable bonds is 1. The predicted octanol–water partition coefficient (Wildman–Crippen LogP) is 5.32. The highest BCUT2D eigenvalue weighted by molar-refractivity contribution is 6.12. The summed E-state index contributed by atoms with van der Waals surface area (Å²) in [6, 6.07) is 23.3. The van der Waals surface area contributed by atoms with Gasteiger partial charge in [-0.05, 0) is 36.4 Å². The van der Waals surface area contributed by atoms with E-state index in [1.54, 1.807) is 0 Å². The van der Waals surface area contributed by atoms with Gasteiger partial charge >= 0.3 is 0 Å². The maximum Gasteiger partial charge on any atom is 0.169 e. The molecule has 3 nitrogen and oxygen atoms in total. The molecule has 0 aliphatic carbocycles. The Labute approximate surface area is 145 Å². The number of aryl methyl sites for hydroxylation is 2. The summed E-state index contributed by atoms with van der Waals surface area (Å²) in [4.78, 5) is 0. The molecule has 2 aromatic heterocycles. The average molecular weight is 323 g/mol. The summed E-state index contributed by atoms with van der Waals surface area (Å²) in [5, 5.41) is 12.7. The summed E-state index contributed by atoms with van der Waals surface area (Å²) < 4.78 is 2.20. The van der Waals surface area contributed by atoms with Crippen LogP contribution in [0.4, 0.5) is 0 Å². The zero-order valence-corrected chi connectivity index (χ0v) is 14.2. The van der Waals surface area contributed by atoms with E-state index in [1.165, 1.54) is 21.9 Å². The van der Waals surface area contributed by atoms with Crippen molar-refractivity contribution in [1.82, 2.24) is 14.6 Å². The van der Waals surface area contributed by atoms with E-state index in [0.29, 0.717) is 0 Å². The molecule has 3 heteroatoms. The molecule has 0 bridgehead atoms. The Morgan fingerprint density at radius 1 is 0.640 bits per heavy atom. The van der Waals surface area contributed by atoms with Crippen LogP contribution in [0.5, 0.6) is 0 Å². The Morgan fingerprint density at radius 2 is 1.28 bits per heavy atom. The third-order valence-electron chi connectivity index (χ3n) is 4.97. The highest BCUT2D eigenvalue weighted by Gasteiger charge is 2.17. The third-order valence-corrected chi connectivity index (χ3v) is 4.97. The van der Waals surface area contributed by atoms with Gasteiger partial charge in [-0.3, -0.25) is 4.40 Å². The maximum atomic E-state index is 4.60. The van der Waals surface area contributed by atoms with Gasteiger partial charge in [0.1, 0.15) is 0 Å². The molecule has 0 aliphatic heterocycles. The van der Waals surface area contributed by atoms with Crippen molar-refractivity contribution in [1.29, 1.82) is 0 Å². The summed E-state index contributed by atoms with van der Waals surface area (Å²) in [6.07, 6.45) is 0. The van der Waals surface area contributed by atoms with Crippen LogP contribution in [0.25, 0.3) is 38.7 Å². The van der Waals surface area contributed by atoms with Gasteiger partial charge < -0.3 is 0 Å². The molecule has 0 atom stereocenters. The van der Waals surface area contributed by atoms with Crippen molar-refractivity contribution in [2.45, 2.75) is 13.8 Å². The van der Waals surface area contributed by atoms with Crippen LogP contribution in [0.3, 0.4) is 0 Å². The van der Waals surface area contributed by atoms with E-state index in [0.717, 1.165) is 27.9 Å². The van der Waals surface area contributed by atoms with E-state index < -0.39 is 0 Å². The fraction of sp³-hybridized carbons (Fsp3) is 0.0909. The van der Waals surface area contributed by atoms with Crippen molar-refractivity contribution < 1.29 is 0 Å². The summed E-state index contributed by atoms with van der Waals surface area (Å²) in [5.74, 6) is 0.910. The molecule has 25 heavy (non-hydrogen) atoms. The summed E-state index contributed by atoms with van der Waals surface area (Å²) in [5.41, 5.74) is 5.64. The minimum atomic E-state index is 0.909. The second-order valence-corrected chi connectivity index (χ2v) is 6.51. The highest BCUT2D eigenvalue weighted by Crippen LogP contribution is 2.33. The molecule has 0 radical (unpaired) electrons. The van der Waals surface area contributed by atoms with Crippen LogP contribution in [-0.2, 0) is 0 Å². The largest absolute Gasteiger partial charge is 0.274 e. The smallest absolute Gasteiger partial charge is 0.169 e. The minimum Gasteiger partial charge on any atom is -0.274 e. The third kappa shape index (κ3) is 1.92. The first-order chi connectivity index (χ1) is 12.3. The number of pyridine rings is 1. The maximum absolute atomic E-state index is 4.60.